The molecule has 1 aliphatic carbocycles. The van der Waals surface area contributed by atoms with Crippen molar-refractivity contribution in [3.8, 4) is 5.75 Å². The second-order valence-electron chi connectivity index (χ2n) is 5.08. The molecule has 1 aromatic rings. The summed E-state index contributed by atoms with van der Waals surface area (Å²) in [6, 6.07) is 9.35. The van der Waals surface area contributed by atoms with Crippen molar-refractivity contribution in [1.29, 1.82) is 0 Å². The van der Waals surface area contributed by atoms with Crippen LogP contribution in [-0.4, -0.2) is 19.2 Å². The Hall–Kier alpha value is -1.02. The van der Waals surface area contributed by atoms with Crippen LogP contribution in [0.5, 0.6) is 5.75 Å². The number of benzene rings is 1. The normalized spacial score (nSPS) is 26.7. The molecule has 100 valence electrons. The van der Waals surface area contributed by atoms with Crippen molar-refractivity contribution in [2.45, 2.75) is 45.6 Å². The SMILES string of the molecule is CCNC1CC(c2cccc(OCC)c2)C1CC. The van der Waals surface area contributed by atoms with Crippen molar-refractivity contribution < 1.29 is 4.74 Å². The molecule has 0 amide bonds. The molecule has 0 spiro atoms. The zero-order chi connectivity index (χ0) is 13.0. The minimum absolute atomic E-state index is 0.708. The second-order valence-corrected chi connectivity index (χ2v) is 5.08. The van der Waals surface area contributed by atoms with Crippen molar-refractivity contribution in [2.24, 2.45) is 5.92 Å². The fourth-order valence-corrected chi connectivity index (χ4v) is 3.16. The van der Waals surface area contributed by atoms with E-state index in [2.05, 4.69) is 37.4 Å². The van der Waals surface area contributed by atoms with Gasteiger partial charge in [-0.05, 0) is 49.4 Å². The topological polar surface area (TPSA) is 21.3 Å². The molecular formula is C16H25NO. The van der Waals surface area contributed by atoms with E-state index in [4.69, 9.17) is 4.74 Å². The van der Waals surface area contributed by atoms with E-state index in [0.717, 1.165) is 24.8 Å². The first-order valence-electron chi connectivity index (χ1n) is 7.26. The maximum atomic E-state index is 5.59. The highest BCUT2D eigenvalue weighted by Gasteiger charge is 2.39. The Labute approximate surface area is 111 Å². The highest BCUT2D eigenvalue weighted by Crippen LogP contribution is 2.45. The quantitative estimate of drug-likeness (QED) is 0.829. The molecule has 0 aromatic heterocycles. The molecule has 0 saturated heterocycles. The van der Waals surface area contributed by atoms with Crippen LogP contribution in [0.4, 0.5) is 0 Å². The monoisotopic (exact) mass is 247 g/mol. The summed E-state index contributed by atoms with van der Waals surface area (Å²) < 4.78 is 5.59. The summed E-state index contributed by atoms with van der Waals surface area (Å²) in [5.74, 6) is 2.50. The van der Waals surface area contributed by atoms with Gasteiger partial charge in [0.25, 0.3) is 0 Å². The molecule has 0 bridgehead atoms. The Kier molecular flexibility index (Phi) is 4.65. The van der Waals surface area contributed by atoms with Crippen LogP contribution in [0.15, 0.2) is 24.3 Å². The van der Waals surface area contributed by atoms with Gasteiger partial charge in [-0.3, -0.25) is 0 Å². The largest absolute Gasteiger partial charge is 0.494 e. The molecule has 2 rings (SSSR count). The number of ether oxygens (including phenoxy) is 1. The van der Waals surface area contributed by atoms with Gasteiger partial charge in [0.1, 0.15) is 5.75 Å². The Balaban J connectivity index is 2.05. The third-order valence-electron chi connectivity index (χ3n) is 4.08. The smallest absolute Gasteiger partial charge is 0.119 e. The van der Waals surface area contributed by atoms with Gasteiger partial charge in [-0.25, -0.2) is 0 Å². The van der Waals surface area contributed by atoms with Gasteiger partial charge in [0.15, 0.2) is 0 Å². The van der Waals surface area contributed by atoms with Gasteiger partial charge in [0.2, 0.25) is 0 Å². The number of rotatable bonds is 6. The van der Waals surface area contributed by atoms with E-state index in [1.54, 1.807) is 0 Å². The van der Waals surface area contributed by atoms with Gasteiger partial charge in [-0.15, -0.1) is 0 Å². The highest BCUT2D eigenvalue weighted by atomic mass is 16.5. The zero-order valence-electron chi connectivity index (χ0n) is 11.8. The molecule has 2 nitrogen and oxygen atoms in total. The molecule has 3 unspecified atom stereocenters. The Morgan fingerprint density at radius 3 is 2.78 bits per heavy atom. The maximum Gasteiger partial charge on any atom is 0.119 e. The summed E-state index contributed by atoms with van der Waals surface area (Å²) >= 11 is 0. The van der Waals surface area contributed by atoms with Crippen molar-refractivity contribution in [3.05, 3.63) is 29.8 Å². The summed E-state index contributed by atoms with van der Waals surface area (Å²) in [5.41, 5.74) is 1.45. The maximum absolute atomic E-state index is 5.59. The second kappa shape index (κ2) is 6.24. The average Bonchev–Trinajstić information content (AvgIpc) is 2.35. The predicted molar refractivity (Wildman–Crippen MR) is 76.2 cm³/mol. The van der Waals surface area contributed by atoms with Gasteiger partial charge < -0.3 is 10.1 Å². The standard InChI is InChI=1S/C16H25NO/c1-4-14-15(11-16(14)17-5-2)12-8-7-9-13(10-12)18-6-3/h7-10,14-17H,4-6,11H2,1-3H3. The third kappa shape index (κ3) is 2.69. The van der Waals surface area contributed by atoms with Crippen LogP contribution < -0.4 is 10.1 Å². The lowest BCUT2D eigenvalue weighted by molar-refractivity contribution is 0.162. The molecule has 1 N–H and O–H groups in total. The van der Waals surface area contributed by atoms with Crippen LogP contribution in [0.25, 0.3) is 0 Å². The van der Waals surface area contributed by atoms with Gasteiger partial charge in [-0.2, -0.15) is 0 Å². The number of hydrogen-bond acceptors (Lipinski definition) is 2. The Morgan fingerprint density at radius 2 is 2.11 bits per heavy atom. The minimum Gasteiger partial charge on any atom is -0.494 e. The van der Waals surface area contributed by atoms with Crippen molar-refractivity contribution in [1.82, 2.24) is 5.32 Å². The predicted octanol–water partition coefficient (Wildman–Crippen LogP) is 3.58. The summed E-state index contributed by atoms with van der Waals surface area (Å²) in [6.45, 7) is 8.34. The molecule has 18 heavy (non-hydrogen) atoms. The van der Waals surface area contributed by atoms with E-state index in [9.17, 15) is 0 Å². The molecule has 0 radical (unpaired) electrons. The first kappa shape index (κ1) is 13.4. The van der Waals surface area contributed by atoms with Gasteiger partial charge in [0.05, 0.1) is 6.61 Å². The van der Waals surface area contributed by atoms with Crippen LogP contribution in [-0.2, 0) is 0 Å². The lowest BCUT2D eigenvalue weighted by Crippen LogP contribution is -2.48. The summed E-state index contributed by atoms with van der Waals surface area (Å²) in [5, 5.41) is 3.59. The van der Waals surface area contributed by atoms with Crippen LogP contribution in [0.3, 0.4) is 0 Å². The Morgan fingerprint density at radius 1 is 1.28 bits per heavy atom. The summed E-state index contributed by atoms with van der Waals surface area (Å²) in [6.07, 6.45) is 2.52. The van der Waals surface area contributed by atoms with Crippen molar-refractivity contribution in [3.63, 3.8) is 0 Å². The fraction of sp³-hybridized carbons (Fsp3) is 0.625. The number of nitrogens with one attached hydrogen (secondary N) is 1. The van der Waals surface area contributed by atoms with Gasteiger partial charge in [0, 0.05) is 6.04 Å². The van der Waals surface area contributed by atoms with Crippen molar-refractivity contribution >= 4 is 0 Å². The van der Waals surface area contributed by atoms with Crippen LogP contribution >= 0.6 is 0 Å². The van der Waals surface area contributed by atoms with E-state index in [0.29, 0.717) is 12.0 Å². The molecule has 0 heterocycles. The molecule has 2 heteroatoms. The fourth-order valence-electron chi connectivity index (χ4n) is 3.16. The molecule has 3 atom stereocenters. The van der Waals surface area contributed by atoms with Crippen LogP contribution in [0, 0.1) is 5.92 Å². The van der Waals surface area contributed by atoms with E-state index >= 15 is 0 Å². The molecule has 1 aliphatic rings. The lowest BCUT2D eigenvalue weighted by atomic mass is 9.65. The molecule has 1 saturated carbocycles. The van der Waals surface area contributed by atoms with E-state index in [1.165, 1.54) is 18.4 Å². The third-order valence-corrected chi connectivity index (χ3v) is 4.08. The van der Waals surface area contributed by atoms with E-state index < -0.39 is 0 Å². The summed E-state index contributed by atoms with van der Waals surface area (Å²) in [4.78, 5) is 0. The van der Waals surface area contributed by atoms with Gasteiger partial charge >= 0.3 is 0 Å². The van der Waals surface area contributed by atoms with Crippen LogP contribution in [0.2, 0.25) is 0 Å². The van der Waals surface area contributed by atoms with Gasteiger partial charge in [-0.1, -0.05) is 32.4 Å². The summed E-state index contributed by atoms with van der Waals surface area (Å²) in [7, 11) is 0. The first-order chi connectivity index (χ1) is 8.80. The zero-order valence-corrected chi connectivity index (χ0v) is 11.8. The average molecular weight is 247 g/mol. The first-order valence-corrected chi connectivity index (χ1v) is 7.26. The minimum atomic E-state index is 0.708. The van der Waals surface area contributed by atoms with E-state index in [-0.39, 0.29) is 0 Å². The number of hydrogen-bond donors (Lipinski definition) is 1. The highest BCUT2D eigenvalue weighted by molar-refractivity contribution is 5.33. The molecule has 1 fully saturated rings. The lowest BCUT2D eigenvalue weighted by Gasteiger charge is -2.45. The Bertz CT molecular complexity index is 377. The van der Waals surface area contributed by atoms with E-state index in [1.807, 2.05) is 13.0 Å². The molecular weight excluding hydrogens is 222 g/mol. The molecule has 0 aliphatic heterocycles. The molecule has 1 aromatic carbocycles. The van der Waals surface area contributed by atoms with Crippen molar-refractivity contribution in [2.75, 3.05) is 13.2 Å². The van der Waals surface area contributed by atoms with Crippen LogP contribution in [0.1, 0.15) is 45.1 Å².